The normalized spacial score (nSPS) is 16.6. The predicted molar refractivity (Wildman–Crippen MR) is 62.0 cm³/mol. The van der Waals surface area contributed by atoms with Crippen molar-refractivity contribution in [3.05, 3.63) is 42.0 Å². The van der Waals surface area contributed by atoms with Crippen LogP contribution in [-0.4, -0.2) is 25.1 Å². The molecular formula is C13H17NO. The molecule has 15 heavy (non-hydrogen) atoms. The number of ether oxygens (including phenoxy) is 1. The molecule has 2 nitrogen and oxygen atoms in total. The zero-order valence-corrected chi connectivity index (χ0v) is 9.15. The Balaban J connectivity index is 1.95. The lowest BCUT2D eigenvalue weighted by atomic mass is 10.1. The van der Waals surface area contributed by atoms with Crippen LogP contribution in [0.2, 0.25) is 0 Å². The van der Waals surface area contributed by atoms with E-state index >= 15 is 0 Å². The molecule has 1 aliphatic heterocycles. The largest absolute Gasteiger partial charge is 0.497 e. The lowest BCUT2D eigenvalue weighted by Crippen LogP contribution is -2.26. The highest BCUT2D eigenvalue weighted by atomic mass is 16.5. The molecule has 1 aliphatic rings. The number of benzene rings is 1. The minimum absolute atomic E-state index is 0.928. The summed E-state index contributed by atoms with van der Waals surface area (Å²) in [6.07, 6.45) is 5.67. The molecule has 2 heteroatoms. The summed E-state index contributed by atoms with van der Waals surface area (Å²) in [5.41, 5.74) is 1.35. The summed E-state index contributed by atoms with van der Waals surface area (Å²) in [5.74, 6) is 0.928. The van der Waals surface area contributed by atoms with Crippen molar-refractivity contribution in [2.75, 3.05) is 20.2 Å². The monoisotopic (exact) mass is 203 g/mol. The van der Waals surface area contributed by atoms with E-state index in [4.69, 9.17) is 4.74 Å². The highest BCUT2D eigenvalue weighted by Gasteiger charge is 2.06. The van der Waals surface area contributed by atoms with E-state index < -0.39 is 0 Å². The minimum atomic E-state index is 0.928. The van der Waals surface area contributed by atoms with Crippen molar-refractivity contribution in [2.24, 2.45) is 0 Å². The molecule has 0 radical (unpaired) electrons. The molecule has 2 rings (SSSR count). The van der Waals surface area contributed by atoms with E-state index in [0.717, 1.165) is 18.8 Å². The third kappa shape index (κ3) is 2.83. The Morgan fingerprint density at radius 3 is 2.60 bits per heavy atom. The molecule has 1 aromatic carbocycles. The van der Waals surface area contributed by atoms with Crippen LogP contribution >= 0.6 is 0 Å². The molecular weight excluding hydrogens is 186 g/mol. The van der Waals surface area contributed by atoms with Gasteiger partial charge in [-0.1, -0.05) is 24.3 Å². The summed E-state index contributed by atoms with van der Waals surface area (Å²) >= 11 is 0. The molecule has 0 bridgehead atoms. The van der Waals surface area contributed by atoms with Crippen molar-refractivity contribution < 1.29 is 4.74 Å². The van der Waals surface area contributed by atoms with Crippen molar-refractivity contribution >= 4 is 0 Å². The van der Waals surface area contributed by atoms with Crippen LogP contribution in [0.1, 0.15) is 12.0 Å². The minimum Gasteiger partial charge on any atom is -0.497 e. The standard InChI is InChI=1S/C13H17NO/c1-15-13-7-5-12(6-8-13)11-14-9-3-2-4-10-14/h2-3,5-8H,4,9-11H2,1H3. The summed E-state index contributed by atoms with van der Waals surface area (Å²) < 4.78 is 5.13. The molecule has 1 heterocycles. The van der Waals surface area contributed by atoms with Crippen LogP contribution in [0.4, 0.5) is 0 Å². The van der Waals surface area contributed by atoms with Gasteiger partial charge in [-0.2, -0.15) is 0 Å². The Morgan fingerprint density at radius 2 is 2.00 bits per heavy atom. The van der Waals surface area contributed by atoms with Crippen molar-refractivity contribution in [2.45, 2.75) is 13.0 Å². The number of nitrogens with zero attached hydrogens (tertiary/aromatic N) is 1. The lowest BCUT2D eigenvalue weighted by Gasteiger charge is -2.22. The Hall–Kier alpha value is -1.28. The zero-order valence-electron chi connectivity index (χ0n) is 9.15. The molecule has 80 valence electrons. The Bertz CT molecular complexity index is 329. The zero-order chi connectivity index (χ0) is 10.5. The second kappa shape index (κ2) is 4.99. The first-order valence-corrected chi connectivity index (χ1v) is 5.39. The predicted octanol–water partition coefficient (Wildman–Crippen LogP) is 2.46. The summed E-state index contributed by atoms with van der Waals surface area (Å²) in [4.78, 5) is 2.45. The van der Waals surface area contributed by atoms with Gasteiger partial charge >= 0.3 is 0 Å². The van der Waals surface area contributed by atoms with E-state index in [9.17, 15) is 0 Å². The fourth-order valence-electron chi connectivity index (χ4n) is 1.82. The van der Waals surface area contributed by atoms with Gasteiger partial charge in [-0.25, -0.2) is 0 Å². The average Bonchev–Trinajstić information content (AvgIpc) is 2.31. The average molecular weight is 203 g/mol. The van der Waals surface area contributed by atoms with Gasteiger partial charge in [0.1, 0.15) is 5.75 Å². The first kappa shape index (κ1) is 10.2. The first-order chi connectivity index (χ1) is 7.38. The summed E-state index contributed by atoms with van der Waals surface area (Å²) in [7, 11) is 1.70. The Morgan fingerprint density at radius 1 is 1.20 bits per heavy atom. The molecule has 0 unspecified atom stereocenters. The van der Waals surface area contributed by atoms with Gasteiger partial charge in [0.15, 0.2) is 0 Å². The van der Waals surface area contributed by atoms with Gasteiger partial charge < -0.3 is 4.74 Å². The van der Waals surface area contributed by atoms with Gasteiger partial charge in [0.25, 0.3) is 0 Å². The molecule has 0 saturated carbocycles. The molecule has 0 atom stereocenters. The van der Waals surface area contributed by atoms with E-state index in [-0.39, 0.29) is 0 Å². The maximum atomic E-state index is 5.13. The van der Waals surface area contributed by atoms with Crippen LogP contribution in [0.5, 0.6) is 5.75 Å². The van der Waals surface area contributed by atoms with Gasteiger partial charge in [-0.05, 0) is 24.1 Å². The summed E-state index contributed by atoms with van der Waals surface area (Å²) in [6, 6.07) is 8.32. The maximum Gasteiger partial charge on any atom is 0.118 e. The number of hydrogen-bond acceptors (Lipinski definition) is 2. The van der Waals surface area contributed by atoms with Crippen LogP contribution in [0.25, 0.3) is 0 Å². The molecule has 0 saturated heterocycles. The Kier molecular flexibility index (Phi) is 3.41. The van der Waals surface area contributed by atoms with Crippen molar-refractivity contribution in [3.63, 3.8) is 0 Å². The van der Waals surface area contributed by atoms with E-state index in [1.807, 2.05) is 12.1 Å². The Labute approximate surface area is 91.2 Å². The van der Waals surface area contributed by atoms with E-state index in [2.05, 4.69) is 29.2 Å². The number of rotatable bonds is 3. The van der Waals surface area contributed by atoms with Gasteiger partial charge in [-0.15, -0.1) is 0 Å². The van der Waals surface area contributed by atoms with Gasteiger partial charge in [0.05, 0.1) is 7.11 Å². The van der Waals surface area contributed by atoms with Crippen LogP contribution in [0.15, 0.2) is 36.4 Å². The quantitative estimate of drug-likeness (QED) is 0.700. The van der Waals surface area contributed by atoms with E-state index in [1.54, 1.807) is 7.11 Å². The van der Waals surface area contributed by atoms with Gasteiger partial charge in [0.2, 0.25) is 0 Å². The molecule has 0 fully saturated rings. The fraction of sp³-hybridized carbons (Fsp3) is 0.385. The number of hydrogen-bond donors (Lipinski definition) is 0. The molecule has 0 aliphatic carbocycles. The first-order valence-electron chi connectivity index (χ1n) is 5.39. The van der Waals surface area contributed by atoms with Crippen molar-refractivity contribution in [3.8, 4) is 5.75 Å². The summed E-state index contributed by atoms with van der Waals surface area (Å²) in [6.45, 7) is 3.28. The van der Waals surface area contributed by atoms with Gasteiger partial charge in [0, 0.05) is 19.6 Å². The third-order valence-corrected chi connectivity index (χ3v) is 2.71. The van der Waals surface area contributed by atoms with Crippen molar-refractivity contribution in [1.29, 1.82) is 0 Å². The van der Waals surface area contributed by atoms with E-state index in [1.165, 1.54) is 18.5 Å². The summed E-state index contributed by atoms with van der Waals surface area (Å²) in [5, 5.41) is 0. The smallest absolute Gasteiger partial charge is 0.118 e. The van der Waals surface area contributed by atoms with E-state index in [0.29, 0.717) is 0 Å². The molecule has 0 amide bonds. The van der Waals surface area contributed by atoms with Gasteiger partial charge in [-0.3, -0.25) is 4.90 Å². The van der Waals surface area contributed by atoms with Crippen LogP contribution < -0.4 is 4.74 Å². The van der Waals surface area contributed by atoms with Crippen LogP contribution in [0.3, 0.4) is 0 Å². The molecule has 0 spiro atoms. The second-order valence-electron chi connectivity index (χ2n) is 3.84. The fourth-order valence-corrected chi connectivity index (χ4v) is 1.82. The van der Waals surface area contributed by atoms with Crippen LogP contribution in [0, 0.1) is 0 Å². The third-order valence-electron chi connectivity index (χ3n) is 2.71. The molecule has 0 N–H and O–H groups in total. The highest BCUT2D eigenvalue weighted by Crippen LogP contribution is 2.14. The lowest BCUT2D eigenvalue weighted by molar-refractivity contribution is 0.290. The molecule has 0 aromatic heterocycles. The topological polar surface area (TPSA) is 12.5 Å². The number of methoxy groups -OCH3 is 1. The maximum absolute atomic E-state index is 5.13. The molecule has 1 aromatic rings. The van der Waals surface area contributed by atoms with Crippen LogP contribution in [-0.2, 0) is 6.54 Å². The van der Waals surface area contributed by atoms with Crippen molar-refractivity contribution in [1.82, 2.24) is 4.90 Å². The SMILES string of the molecule is COc1ccc(CN2CC=CCC2)cc1. The highest BCUT2D eigenvalue weighted by molar-refractivity contribution is 5.27. The second-order valence-corrected chi connectivity index (χ2v) is 3.84.